The van der Waals surface area contributed by atoms with Gasteiger partial charge in [-0.2, -0.15) is 5.26 Å². The molecule has 1 aromatic rings. The van der Waals surface area contributed by atoms with E-state index in [9.17, 15) is 18.1 Å². The van der Waals surface area contributed by atoms with Crippen LogP contribution < -0.4 is 10.2 Å². The Hall–Kier alpha value is -2.10. The van der Waals surface area contributed by atoms with E-state index in [1.807, 2.05) is 13.0 Å². The molecule has 0 spiro atoms. The van der Waals surface area contributed by atoms with E-state index >= 15 is 0 Å². The van der Waals surface area contributed by atoms with Gasteiger partial charge in [-0.15, -0.1) is 0 Å². The first-order chi connectivity index (χ1) is 18.6. The Morgan fingerprint density at radius 1 is 1.31 bits per heavy atom. The minimum atomic E-state index is -3.14. The summed E-state index contributed by atoms with van der Waals surface area (Å²) in [4.78, 5) is 10.3. The van der Waals surface area contributed by atoms with E-state index in [4.69, 9.17) is 4.98 Å². The number of anilines is 1. The van der Waals surface area contributed by atoms with Crippen molar-refractivity contribution >= 4 is 32.1 Å². The second-order valence-electron chi connectivity index (χ2n) is 11.4. The molecule has 4 aliphatic rings. The van der Waals surface area contributed by atoms with Crippen molar-refractivity contribution in [3.05, 3.63) is 40.7 Å². The molecule has 2 saturated carbocycles. The fraction of sp³-hybridized carbons (Fsp3) is 0.643. The van der Waals surface area contributed by atoms with Crippen LogP contribution in [0.4, 0.5) is 9.52 Å². The van der Waals surface area contributed by atoms with Gasteiger partial charge in [0.05, 0.1) is 30.0 Å². The summed E-state index contributed by atoms with van der Waals surface area (Å²) in [5.41, 5.74) is 1.31. The van der Waals surface area contributed by atoms with Crippen molar-refractivity contribution in [3.8, 4) is 6.07 Å². The molecule has 39 heavy (non-hydrogen) atoms. The Kier molecular flexibility index (Phi) is 8.06. The summed E-state index contributed by atoms with van der Waals surface area (Å²) in [6.07, 6.45) is 14.1. The maximum atomic E-state index is 13.7. The van der Waals surface area contributed by atoms with Crippen LogP contribution in [0.25, 0.3) is 5.57 Å². The van der Waals surface area contributed by atoms with Gasteiger partial charge < -0.3 is 4.90 Å². The van der Waals surface area contributed by atoms with Gasteiger partial charge in [0.1, 0.15) is 22.5 Å². The van der Waals surface area contributed by atoms with Crippen LogP contribution in [0.1, 0.15) is 62.9 Å². The Morgan fingerprint density at radius 3 is 2.74 bits per heavy atom. The number of sulfonamides is 1. The van der Waals surface area contributed by atoms with Crippen LogP contribution in [-0.2, 0) is 10.0 Å². The van der Waals surface area contributed by atoms with Gasteiger partial charge in [0.15, 0.2) is 5.13 Å². The van der Waals surface area contributed by atoms with E-state index in [1.54, 1.807) is 16.5 Å². The third-order valence-corrected chi connectivity index (χ3v) is 11.0. The van der Waals surface area contributed by atoms with E-state index in [1.165, 1.54) is 36.5 Å². The minimum Gasteiger partial charge on any atom is -0.345 e. The first kappa shape index (κ1) is 28.4. The molecule has 4 atom stereocenters. The fourth-order valence-corrected chi connectivity index (χ4v) is 8.17. The molecule has 1 unspecified atom stereocenters. The summed E-state index contributed by atoms with van der Waals surface area (Å²) < 4.78 is 39.0. The van der Waals surface area contributed by atoms with Crippen molar-refractivity contribution in [2.45, 2.75) is 76.2 Å². The van der Waals surface area contributed by atoms with Crippen LogP contribution in [0.5, 0.6) is 0 Å². The lowest BCUT2D eigenvalue weighted by atomic mass is 10.1. The van der Waals surface area contributed by atoms with Crippen LogP contribution in [0, 0.1) is 17.2 Å². The number of aromatic nitrogens is 1. The number of hydrogen-bond acceptors (Lipinski definition) is 8. The first-order valence-corrected chi connectivity index (χ1v) is 16.6. The SMILES string of the molecule is CCN(CCCCCN1C2[C@H](N(C)c3nc(C4=CC=C(F)CC=C4)c(C#N)s3)[C@@]2(C)N[C@@H]1C1CC1)S(C)(=O)=O. The molecule has 1 N–H and O–H groups in total. The topological polar surface area (TPSA) is 92.6 Å². The molecular weight excluding hydrogens is 535 g/mol. The van der Waals surface area contributed by atoms with Crippen LogP contribution in [0.15, 0.2) is 30.1 Å². The summed E-state index contributed by atoms with van der Waals surface area (Å²) in [6.45, 7) is 6.25. The highest BCUT2D eigenvalue weighted by molar-refractivity contribution is 7.88. The van der Waals surface area contributed by atoms with Gasteiger partial charge in [-0.25, -0.2) is 22.1 Å². The molecule has 0 bridgehead atoms. The van der Waals surface area contributed by atoms with Crippen molar-refractivity contribution in [1.29, 1.82) is 5.26 Å². The highest BCUT2D eigenvalue weighted by Crippen LogP contribution is 2.54. The number of hydrogen-bond donors (Lipinski definition) is 1. The number of nitrogens with zero attached hydrogens (tertiary/aromatic N) is 5. The molecule has 1 aromatic heterocycles. The Bertz CT molecular complexity index is 1330. The van der Waals surface area contributed by atoms with Crippen LogP contribution in [0.3, 0.4) is 0 Å². The van der Waals surface area contributed by atoms with E-state index in [-0.39, 0.29) is 23.8 Å². The van der Waals surface area contributed by atoms with Gasteiger partial charge in [-0.3, -0.25) is 10.2 Å². The molecule has 11 heteroatoms. The number of nitrogens with one attached hydrogen (secondary N) is 1. The van der Waals surface area contributed by atoms with Gasteiger partial charge in [0, 0.05) is 38.7 Å². The number of rotatable bonds is 12. The molecule has 5 rings (SSSR count). The predicted molar refractivity (Wildman–Crippen MR) is 154 cm³/mol. The maximum absolute atomic E-state index is 13.7. The van der Waals surface area contributed by atoms with Gasteiger partial charge >= 0.3 is 0 Å². The van der Waals surface area contributed by atoms with Gasteiger partial charge in [0.2, 0.25) is 10.0 Å². The Balaban J connectivity index is 1.26. The lowest BCUT2D eigenvalue weighted by molar-refractivity contribution is 0.169. The molecule has 3 aliphatic carbocycles. The average molecular weight is 575 g/mol. The van der Waals surface area contributed by atoms with E-state index in [0.29, 0.717) is 41.8 Å². The molecular formula is C28H39FN6O2S2. The first-order valence-electron chi connectivity index (χ1n) is 13.9. The van der Waals surface area contributed by atoms with Crippen LogP contribution in [-0.4, -0.2) is 79.3 Å². The summed E-state index contributed by atoms with van der Waals surface area (Å²) in [7, 11) is -1.08. The lowest BCUT2D eigenvalue weighted by Crippen LogP contribution is -2.50. The molecule has 1 aliphatic heterocycles. The van der Waals surface area contributed by atoms with Crippen molar-refractivity contribution in [3.63, 3.8) is 0 Å². The number of nitriles is 1. The normalized spacial score (nSPS) is 28.6. The molecule has 1 saturated heterocycles. The van der Waals surface area contributed by atoms with E-state index in [0.717, 1.165) is 36.5 Å². The van der Waals surface area contributed by atoms with Gasteiger partial charge in [-0.05, 0) is 44.6 Å². The smallest absolute Gasteiger partial charge is 0.211 e. The van der Waals surface area contributed by atoms with Crippen molar-refractivity contribution < 1.29 is 12.8 Å². The molecule has 212 valence electrons. The third kappa shape index (κ3) is 5.72. The van der Waals surface area contributed by atoms with Crippen molar-refractivity contribution in [1.82, 2.24) is 19.5 Å². The maximum Gasteiger partial charge on any atom is 0.211 e. The van der Waals surface area contributed by atoms with Gasteiger partial charge in [0.25, 0.3) is 0 Å². The molecule has 0 radical (unpaired) electrons. The van der Waals surface area contributed by atoms with Crippen molar-refractivity contribution in [2.24, 2.45) is 5.92 Å². The molecule has 3 fully saturated rings. The number of thiazole rings is 1. The number of unbranched alkanes of at least 4 members (excludes halogenated alkanes) is 2. The molecule has 0 aromatic carbocycles. The number of likely N-dealkylation sites (N-methyl/N-ethyl adjacent to an activating group) is 1. The van der Waals surface area contributed by atoms with Crippen LogP contribution >= 0.6 is 11.3 Å². The van der Waals surface area contributed by atoms with Gasteiger partial charge in [-0.1, -0.05) is 42.9 Å². The molecule has 2 heterocycles. The second-order valence-corrected chi connectivity index (χ2v) is 14.4. The zero-order valence-electron chi connectivity index (χ0n) is 23.2. The number of allylic oxidation sites excluding steroid dienone is 6. The van der Waals surface area contributed by atoms with Crippen molar-refractivity contribution in [2.75, 3.05) is 37.8 Å². The van der Waals surface area contributed by atoms with E-state index in [2.05, 4.69) is 35.2 Å². The largest absolute Gasteiger partial charge is 0.345 e. The summed E-state index contributed by atoms with van der Waals surface area (Å²) in [6, 6.07) is 2.87. The quantitative estimate of drug-likeness (QED) is 0.373. The minimum absolute atomic E-state index is 0.0523. The summed E-state index contributed by atoms with van der Waals surface area (Å²) in [5.74, 6) is 0.487. The Labute approximate surface area is 235 Å². The second kappa shape index (κ2) is 11.1. The molecule has 8 nitrogen and oxygen atoms in total. The standard InChI is InChI=1S/C28H39FN6O2S2/c1-5-34(39(4,36)37)16-7-6-8-17-35-25-24(28(25,2)32-26(35)20-12-13-20)33(3)27-31-23(22(18-30)38-27)19-10-9-11-21(29)15-14-19/h9-10,14-15,20,24-26,32H,5-8,11-13,16-17H2,1-4H3/t24-,25?,26-,28+/m0/s1. The molecule has 0 amide bonds. The van der Waals surface area contributed by atoms with Crippen LogP contribution in [0.2, 0.25) is 0 Å². The monoisotopic (exact) mass is 574 g/mol. The lowest BCUT2D eigenvalue weighted by Gasteiger charge is -2.32. The van der Waals surface area contributed by atoms with E-state index < -0.39 is 10.0 Å². The summed E-state index contributed by atoms with van der Waals surface area (Å²) >= 11 is 1.39. The number of fused-ring (bicyclic) bond motifs is 1. The highest BCUT2D eigenvalue weighted by atomic mass is 32.2. The number of halogens is 1. The predicted octanol–water partition coefficient (Wildman–Crippen LogP) is 4.25. The fourth-order valence-electron chi connectivity index (χ4n) is 6.36. The zero-order chi connectivity index (χ0) is 27.9. The Morgan fingerprint density at radius 2 is 2.08 bits per heavy atom. The summed E-state index contributed by atoms with van der Waals surface area (Å²) in [5, 5.41) is 14.6. The zero-order valence-corrected chi connectivity index (χ0v) is 24.9. The average Bonchev–Trinajstić information content (AvgIpc) is 3.77. The third-order valence-electron chi connectivity index (χ3n) is 8.57. The highest BCUT2D eigenvalue weighted by Gasteiger charge is 2.73.